The second kappa shape index (κ2) is 4.12. The number of hydrogen-bond acceptors (Lipinski definition) is 7. The van der Waals surface area contributed by atoms with Gasteiger partial charge in [-0.1, -0.05) is 0 Å². The number of ether oxygens (including phenoxy) is 3. The molecule has 0 unspecified atom stereocenters. The molecule has 0 spiro atoms. The smallest absolute Gasteiger partial charge is 0.264 e. The van der Waals surface area contributed by atoms with Crippen LogP contribution in [-0.4, -0.2) is 56.3 Å². The van der Waals surface area contributed by atoms with E-state index in [0.29, 0.717) is 0 Å². The van der Waals surface area contributed by atoms with Gasteiger partial charge in [-0.05, 0) is 20.8 Å². The van der Waals surface area contributed by atoms with Gasteiger partial charge in [-0.15, -0.1) is 0 Å². The van der Waals surface area contributed by atoms with Crippen LogP contribution in [0.15, 0.2) is 0 Å². The standard InChI is InChI=1S/C10H18O7S/c1-9(2)16-7-6(5-14-18(4,12)13)15-10(3,11)8(7)17-9/h6-8,11H,5H2,1-4H3/t6-,7+,8+,10-/m0/s1. The molecule has 0 aromatic heterocycles. The van der Waals surface area contributed by atoms with Crippen molar-refractivity contribution in [3.05, 3.63) is 0 Å². The van der Waals surface area contributed by atoms with Crippen LogP contribution in [0.4, 0.5) is 0 Å². The van der Waals surface area contributed by atoms with E-state index >= 15 is 0 Å². The molecule has 106 valence electrons. The van der Waals surface area contributed by atoms with Crippen molar-refractivity contribution >= 4 is 10.1 Å². The van der Waals surface area contributed by atoms with Crippen LogP contribution in [0, 0.1) is 0 Å². The zero-order valence-corrected chi connectivity index (χ0v) is 11.6. The molecule has 0 radical (unpaired) electrons. The summed E-state index contributed by atoms with van der Waals surface area (Å²) in [6.07, 6.45) is -0.966. The summed E-state index contributed by atoms with van der Waals surface area (Å²) in [6.45, 7) is 4.68. The summed E-state index contributed by atoms with van der Waals surface area (Å²) in [7, 11) is -3.56. The lowest BCUT2D eigenvalue weighted by Gasteiger charge is -2.26. The average molecular weight is 282 g/mol. The van der Waals surface area contributed by atoms with Crippen molar-refractivity contribution in [3.63, 3.8) is 0 Å². The Balaban J connectivity index is 2.10. The molecule has 0 amide bonds. The van der Waals surface area contributed by atoms with E-state index in [-0.39, 0.29) is 6.61 Å². The predicted molar refractivity (Wildman–Crippen MR) is 60.1 cm³/mol. The second-order valence-corrected chi connectivity index (χ2v) is 6.86. The first kappa shape index (κ1) is 14.2. The van der Waals surface area contributed by atoms with Gasteiger partial charge in [0, 0.05) is 0 Å². The van der Waals surface area contributed by atoms with Gasteiger partial charge >= 0.3 is 0 Å². The van der Waals surface area contributed by atoms with Crippen LogP contribution in [0.2, 0.25) is 0 Å². The fraction of sp³-hybridized carbons (Fsp3) is 1.00. The summed E-state index contributed by atoms with van der Waals surface area (Å²) < 4.78 is 43.1. The third-order valence-electron chi connectivity index (χ3n) is 2.86. The van der Waals surface area contributed by atoms with E-state index in [1.807, 2.05) is 0 Å². The second-order valence-electron chi connectivity index (χ2n) is 5.22. The molecular weight excluding hydrogens is 264 g/mol. The summed E-state index contributed by atoms with van der Waals surface area (Å²) in [5, 5.41) is 10.1. The molecule has 2 rings (SSSR count). The highest BCUT2D eigenvalue weighted by atomic mass is 32.2. The Labute approximate surface area is 106 Å². The summed E-state index contributed by atoms with van der Waals surface area (Å²) in [5.41, 5.74) is 0. The molecule has 4 atom stereocenters. The molecule has 7 nitrogen and oxygen atoms in total. The van der Waals surface area contributed by atoms with Crippen LogP contribution in [0.1, 0.15) is 20.8 Å². The van der Waals surface area contributed by atoms with Gasteiger partial charge in [0.05, 0.1) is 12.9 Å². The highest BCUT2D eigenvalue weighted by molar-refractivity contribution is 7.85. The Kier molecular flexibility index (Phi) is 3.24. The molecule has 0 aliphatic carbocycles. The third kappa shape index (κ3) is 2.84. The molecule has 18 heavy (non-hydrogen) atoms. The van der Waals surface area contributed by atoms with Crippen molar-refractivity contribution in [1.29, 1.82) is 0 Å². The van der Waals surface area contributed by atoms with Crippen LogP contribution < -0.4 is 0 Å². The van der Waals surface area contributed by atoms with Crippen LogP contribution >= 0.6 is 0 Å². The first-order valence-electron chi connectivity index (χ1n) is 5.60. The lowest BCUT2D eigenvalue weighted by molar-refractivity contribution is -0.267. The van der Waals surface area contributed by atoms with Crippen molar-refractivity contribution in [2.24, 2.45) is 0 Å². The third-order valence-corrected chi connectivity index (χ3v) is 3.42. The van der Waals surface area contributed by atoms with Crippen LogP contribution in [0.3, 0.4) is 0 Å². The fourth-order valence-electron chi connectivity index (χ4n) is 2.24. The monoisotopic (exact) mass is 282 g/mol. The van der Waals surface area contributed by atoms with E-state index in [1.165, 1.54) is 6.92 Å². The van der Waals surface area contributed by atoms with Crippen molar-refractivity contribution in [2.45, 2.75) is 50.7 Å². The maximum atomic E-state index is 11.0. The van der Waals surface area contributed by atoms with E-state index in [1.54, 1.807) is 13.8 Å². The van der Waals surface area contributed by atoms with E-state index in [0.717, 1.165) is 6.26 Å². The minimum atomic E-state index is -3.56. The summed E-state index contributed by atoms with van der Waals surface area (Å²) in [4.78, 5) is 0. The zero-order chi connectivity index (χ0) is 13.8. The SMILES string of the molecule is CC1(C)O[C@@H]2[C@H](COS(C)(=O)=O)O[C@](C)(O)[C@@H]2O1. The molecule has 1 N–H and O–H groups in total. The Bertz CT molecular complexity index is 428. The lowest BCUT2D eigenvalue weighted by atomic mass is 10.1. The minimum absolute atomic E-state index is 0.213. The van der Waals surface area contributed by atoms with E-state index in [4.69, 9.17) is 14.2 Å². The van der Waals surface area contributed by atoms with Gasteiger partial charge < -0.3 is 19.3 Å². The molecule has 8 heteroatoms. The maximum absolute atomic E-state index is 11.0. The largest absolute Gasteiger partial charge is 0.364 e. The van der Waals surface area contributed by atoms with Crippen molar-refractivity contribution in [3.8, 4) is 0 Å². The molecule has 2 aliphatic rings. The summed E-state index contributed by atoms with van der Waals surface area (Å²) in [5.74, 6) is -2.36. The topological polar surface area (TPSA) is 91.3 Å². The molecule has 0 aromatic rings. The van der Waals surface area contributed by atoms with Crippen molar-refractivity contribution in [1.82, 2.24) is 0 Å². The molecule has 2 aliphatic heterocycles. The summed E-state index contributed by atoms with van der Waals surface area (Å²) in [6, 6.07) is 0. The maximum Gasteiger partial charge on any atom is 0.264 e. The predicted octanol–water partition coefficient (Wildman–Crippen LogP) is -0.410. The molecule has 2 fully saturated rings. The molecular formula is C10H18O7S. The zero-order valence-electron chi connectivity index (χ0n) is 10.7. The molecule has 0 saturated carbocycles. The van der Waals surface area contributed by atoms with Gasteiger partial charge in [-0.3, -0.25) is 4.18 Å². The molecule has 2 saturated heterocycles. The van der Waals surface area contributed by atoms with Crippen molar-refractivity contribution < 1.29 is 31.9 Å². The van der Waals surface area contributed by atoms with Gasteiger partial charge in [-0.2, -0.15) is 8.42 Å². The normalized spacial score (nSPS) is 43.1. The van der Waals surface area contributed by atoms with E-state index < -0.39 is 40.0 Å². The summed E-state index contributed by atoms with van der Waals surface area (Å²) >= 11 is 0. The molecule has 0 aromatic carbocycles. The van der Waals surface area contributed by atoms with Crippen LogP contribution in [0.25, 0.3) is 0 Å². The Morgan fingerprint density at radius 2 is 1.83 bits per heavy atom. The lowest BCUT2D eigenvalue weighted by Crippen LogP contribution is -2.40. The number of aliphatic hydroxyl groups is 1. The Morgan fingerprint density at radius 3 is 2.39 bits per heavy atom. The Morgan fingerprint density at radius 1 is 1.22 bits per heavy atom. The highest BCUT2D eigenvalue weighted by Gasteiger charge is 2.60. The number of fused-ring (bicyclic) bond motifs is 1. The van der Waals surface area contributed by atoms with Gasteiger partial charge in [-0.25, -0.2) is 0 Å². The average Bonchev–Trinajstić information content (AvgIpc) is 2.57. The van der Waals surface area contributed by atoms with Gasteiger partial charge in [0.15, 0.2) is 11.6 Å². The van der Waals surface area contributed by atoms with E-state index in [9.17, 15) is 13.5 Å². The first-order valence-corrected chi connectivity index (χ1v) is 7.42. The fourth-order valence-corrected chi connectivity index (χ4v) is 2.62. The molecule has 0 bridgehead atoms. The van der Waals surface area contributed by atoms with Gasteiger partial charge in [0.25, 0.3) is 10.1 Å². The Hall–Kier alpha value is -0.250. The van der Waals surface area contributed by atoms with E-state index in [2.05, 4.69) is 4.18 Å². The first-order chi connectivity index (χ1) is 8.00. The van der Waals surface area contributed by atoms with Gasteiger partial charge in [0.1, 0.15) is 18.3 Å². The van der Waals surface area contributed by atoms with Crippen LogP contribution in [0.5, 0.6) is 0 Å². The van der Waals surface area contributed by atoms with Crippen LogP contribution in [-0.2, 0) is 28.5 Å². The molecule has 2 heterocycles. The minimum Gasteiger partial charge on any atom is -0.364 e. The highest BCUT2D eigenvalue weighted by Crippen LogP contribution is 2.42. The number of hydrogen-bond donors (Lipinski definition) is 1. The number of rotatable bonds is 3. The van der Waals surface area contributed by atoms with Gasteiger partial charge in [0.2, 0.25) is 0 Å². The quantitative estimate of drug-likeness (QED) is 0.703. The van der Waals surface area contributed by atoms with Crippen molar-refractivity contribution in [2.75, 3.05) is 12.9 Å².